The monoisotopic (exact) mass is 627 g/mol. The molecule has 2 saturated heterocycles. The van der Waals surface area contributed by atoms with Crippen molar-refractivity contribution in [1.82, 2.24) is 4.98 Å². The summed E-state index contributed by atoms with van der Waals surface area (Å²) in [5.74, 6) is -3.45. The van der Waals surface area contributed by atoms with Crippen LogP contribution in [0.25, 0.3) is 0 Å². The first kappa shape index (κ1) is 25.2. The van der Waals surface area contributed by atoms with Crippen LogP contribution in [0, 0.1) is 5.92 Å². The summed E-state index contributed by atoms with van der Waals surface area (Å²) < 4.78 is 47.0. The summed E-state index contributed by atoms with van der Waals surface area (Å²) >= 11 is -0.468. The van der Waals surface area contributed by atoms with Gasteiger partial charge < -0.3 is 4.74 Å². The molecule has 1 saturated carbocycles. The summed E-state index contributed by atoms with van der Waals surface area (Å²) in [7, 11) is 0. The van der Waals surface area contributed by atoms with Crippen molar-refractivity contribution < 1.29 is 47.7 Å². The van der Waals surface area contributed by atoms with Gasteiger partial charge in [-0.05, 0) is 6.92 Å². The van der Waals surface area contributed by atoms with Gasteiger partial charge in [-0.3, -0.25) is 0 Å². The van der Waals surface area contributed by atoms with Crippen LogP contribution in [-0.4, -0.2) is 59.4 Å². The van der Waals surface area contributed by atoms with Gasteiger partial charge >= 0.3 is 208 Å². The van der Waals surface area contributed by atoms with Crippen LogP contribution in [0.15, 0.2) is 36.5 Å². The number of amides is 1. The second-order valence-electron chi connectivity index (χ2n) is 9.88. The molecule has 4 heterocycles. The van der Waals surface area contributed by atoms with Crippen molar-refractivity contribution in [3.63, 3.8) is 0 Å². The number of aromatic nitrogens is 1. The van der Waals surface area contributed by atoms with Crippen LogP contribution in [0.5, 0.6) is 0 Å². The van der Waals surface area contributed by atoms with Gasteiger partial charge in [0.05, 0.1) is 0 Å². The minimum atomic E-state index is -3.04. The molecule has 4 aliphatic rings. The summed E-state index contributed by atoms with van der Waals surface area (Å²) in [5, 5.41) is 3.37. The van der Waals surface area contributed by atoms with E-state index in [0.29, 0.717) is 31.1 Å². The van der Waals surface area contributed by atoms with Gasteiger partial charge in [0.25, 0.3) is 0 Å². The van der Waals surface area contributed by atoms with E-state index in [-0.39, 0.29) is 35.7 Å². The van der Waals surface area contributed by atoms with E-state index in [1.54, 1.807) is 18.0 Å². The van der Waals surface area contributed by atoms with Gasteiger partial charge in [0.1, 0.15) is 0 Å². The quantitative estimate of drug-likeness (QED) is 0.402. The third-order valence-electron chi connectivity index (χ3n) is 7.40. The molecule has 1 aromatic carbocycles. The number of alkyl halides is 3. The van der Waals surface area contributed by atoms with Crippen LogP contribution in [0.1, 0.15) is 31.7 Å². The third-order valence-corrected chi connectivity index (χ3v) is 9.37. The fraction of sp³-hybridized carbons (Fsp3) is 0.538. The summed E-state index contributed by atoms with van der Waals surface area (Å²) in [6.45, 7) is 4.25. The molecule has 3 fully saturated rings. The Morgan fingerprint density at radius 3 is 3.00 bits per heavy atom. The fourth-order valence-electron chi connectivity index (χ4n) is 5.58. The van der Waals surface area contributed by atoms with E-state index in [0.717, 1.165) is 23.5 Å². The number of anilines is 4. The maximum atomic E-state index is 14.9. The van der Waals surface area contributed by atoms with Crippen LogP contribution in [0.3, 0.4) is 0 Å². The van der Waals surface area contributed by atoms with Crippen molar-refractivity contribution in [1.29, 1.82) is 0 Å². The maximum absolute atomic E-state index is 14.9. The average Bonchev–Trinajstić information content (AvgIpc) is 3.05. The van der Waals surface area contributed by atoms with Gasteiger partial charge in [-0.2, -0.15) is 0 Å². The first-order chi connectivity index (χ1) is 17.9. The fourth-order valence-corrected chi connectivity index (χ4v) is 7.77. The number of benzene rings is 1. The molecule has 0 spiro atoms. The van der Waals surface area contributed by atoms with Crippen LogP contribution in [0.2, 0.25) is 0 Å². The predicted octanol–water partition coefficient (Wildman–Crippen LogP) is 1.08. The van der Waals surface area contributed by atoms with Gasteiger partial charge in [0.2, 0.25) is 0 Å². The van der Waals surface area contributed by atoms with E-state index in [4.69, 9.17) is 12.5 Å². The van der Waals surface area contributed by atoms with Gasteiger partial charge in [0.15, 0.2) is 0 Å². The number of rotatable bonds is 4. The Kier molecular flexibility index (Phi) is 6.97. The van der Waals surface area contributed by atoms with Crippen LogP contribution >= 0.6 is 0 Å². The van der Waals surface area contributed by atoms with E-state index in [9.17, 15) is 13.6 Å². The number of pyridine rings is 1. The molecule has 8 nitrogen and oxygen atoms in total. The Morgan fingerprint density at radius 1 is 1.30 bits per heavy atom. The molecule has 3 aliphatic heterocycles. The number of hydrogen-bond acceptors (Lipinski definition) is 7. The average molecular weight is 627 g/mol. The molecule has 2 unspecified atom stereocenters. The Bertz CT molecular complexity index is 1160. The molecular weight excluding hydrogens is 597 g/mol. The number of halogens is 3. The Balaban J connectivity index is 1.33. The van der Waals surface area contributed by atoms with Crippen LogP contribution in [0.4, 0.5) is 31.7 Å². The third kappa shape index (κ3) is 5.02. The first-order valence-electron chi connectivity index (χ1n) is 12.7. The van der Waals surface area contributed by atoms with Gasteiger partial charge in [-0.25, -0.2) is 0 Å². The van der Waals surface area contributed by atoms with Crippen molar-refractivity contribution in [2.24, 2.45) is 5.92 Å². The number of carbonyl (C=O) groups is 1. The second kappa shape index (κ2) is 10.2. The van der Waals surface area contributed by atoms with E-state index in [2.05, 4.69) is 15.2 Å². The Labute approximate surface area is 225 Å². The zero-order valence-electron chi connectivity index (χ0n) is 20.5. The molecular formula is C26H30F2IN4O4-. The molecule has 2 aromatic rings. The zero-order chi connectivity index (χ0) is 25.6. The van der Waals surface area contributed by atoms with Gasteiger partial charge in [0, 0.05) is 6.61 Å². The number of morpholine rings is 1. The number of carbonyl (C=O) groups excluding carboxylic acids is 1. The van der Waals surface area contributed by atoms with E-state index >= 15 is 0 Å². The molecule has 2 bridgehead atoms. The van der Waals surface area contributed by atoms with E-state index in [1.807, 2.05) is 30.3 Å². The molecule has 200 valence electrons. The van der Waals surface area contributed by atoms with Gasteiger partial charge in [-0.1, -0.05) is 0 Å². The number of hydrogen-bond donors (Lipinski definition) is 1. The number of fused-ring (bicyclic) bond motifs is 4. The number of nitrogens with one attached hydrogen (secondary N) is 1. The van der Waals surface area contributed by atoms with Crippen molar-refractivity contribution in [2.45, 2.75) is 55.0 Å². The van der Waals surface area contributed by atoms with Crippen LogP contribution < -0.4 is 36.7 Å². The Hall–Kier alpha value is -2.09. The summed E-state index contributed by atoms with van der Waals surface area (Å²) in [4.78, 5) is 22.3. The molecule has 1 aromatic heterocycles. The van der Waals surface area contributed by atoms with Gasteiger partial charge in [-0.15, -0.1) is 0 Å². The van der Waals surface area contributed by atoms with Crippen molar-refractivity contribution in [3.8, 4) is 0 Å². The molecule has 4 atom stereocenters. The molecule has 1 amide bonds. The summed E-state index contributed by atoms with van der Waals surface area (Å²) in [6, 6.07) is 9.71. The molecule has 37 heavy (non-hydrogen) atoms. The Morgan fingerprint density at radius 2 is 2.19 bits per heavy atom. The summed E-state index contributed by atoms with van der Waals surface area (Å²) in [6.07, 6.45) is 0.614. The zero-order valence-corrected chi connectivity index (χ0v) is 22.7. The van der Waals surface area contributed by atoms with Crippen molar-refractivity contribution >= 4 is 28.8 Å². The SMILES string of the molecule is CCO[C@H]1CC[C@@H](C(=O)N2Cc3cccnc3Nc3ccc(N4CC5CO[I-]C(C4)O5)cc32)CC1(F)F. The minimum absolute atomic E-state index is 0.0260. The number of ether oxygens (including phenoxy) is 2. The summed E-state index contributed by atoms with van der Waals surface area (Å²) in [5.41, 5.74) is 3.23. The molecule has 1 aliphatic carbocycles. The van der Waals surface area contributed by atoms with Crippen LogP contribution in [-0.2, 0) is 23.9 Å². The standard InChI is InChI=1S/C26H30F2IN4O4/c1-2-35-22-8-5-16(11-26(22,27)28)25(34)33-12-17-4-3-9-30-24(17)31-20-7-6-18(10-21(20)33)32-13-19-15-36-29-23(14-32)37-19/h3-4,6-7,9-10,16,19,22-23H,2,5,8,11-15H2,1H3,(H,30,31)/q-1/t16-,19?,22+,23?/m1/s1. The number of nitrogens with zero attached hydrogens (tertiary/aromatic N) is 3. The van der Waals surface area contributed by atoms with E-state index in [1.165, 1.54) is 0 Å². The molecule has 11 heteroatoms. The predicted molar refractivity (Wildman–Crippen MR) is 130 cm³/mol. The molecule has 6 rings (SSSR count). The first-order valence-corrected chi connectivity index (χ1v) is 14.9. The topological polar surface area (TPSA) is 76.2 Å². The normalized spacial score (nSPS) is 28.7. The van der Waals surface area contributed by atoms with E-state index < -0.39 is 46.0 Å². The second-order valence-corrected chi connectivity index (χ2v) is 12.4. The van der Waals surface area contributed by atoms with Crippen molar-refractivity contribution in [3.05, 3.63) is 42.1 Å². The molecule has 1 N–H and O–H groups in total. The molecule has 0 radical (unpaired) electrons. The van der Waals surface area contributed by atoms with Crippen molar-refractivity contribution in [2.75, 3.05) is 41.4 Å².